The molecule has 2 amide bonds. The molecule has 1 saturated carbocycles. The van der Waals surface area contributed by atoms with E-state index in [-0.39, 0.29) is 5.69 Å². The molecule has 142 valence electrons. The number of hydrogen-bond donors (Lipinski definition) is 2. The molecule has 7 heteroatoms. The molecule has 0 heterocycles. The van der Waals surface area contributed by atoms with Crippen LogP contribution in [0.5, 0.6) is 0 Å². The van der Waals surface area contributed by atoms with E-state index in [4.69, 9.17) is 0 Å². The number of alkyl halides is 3. The topological polar surface area (TPSA) is 58.2 Å². The molecule has 4 nitrogen and oxygen atoms in total. The minimum Gasteiger partial charge on any atom is -0.355 e. The van der Waals surface area contributed by atoms with E-state index >= 15 is 0 Å². The molecule has 0 unspecified atom stereocenters. The zero-order valence-electron chi connectivity index (χ0n) is 14.5. The number of benzene rings is 2. The Hall–Kier alpha value is -2.83. The van der Waals surface area contributed by atoms with Gasteiger partial charge in [-0.25, -0.2) is 0 Å². The lowest BCUT2D eigenvalue weighted by Gasteiger charge is -2.18. The first-order chi connectivity index (χ1) is 12.8. The Kier molecular flexibility index (Phi) is 5.21. The second-order valence-corrected chi connectivity index (χ2v) is 6.57. The van der Waals surface area contributed by atoms with Crippen molar-refractivity contribution in [3.05, 3.63) is 65.7 Å². The van der Waals surface area contributed by atoms with Crippen LogP contribution < -0.4 is 10.6 Å². The molecule has 3 rings (SSSR count). The molecule has 0 aromatic heterocycles. The molecular weight excluding hydrogens is 357 g/mol. The van der Waals surface area contributed by atoms with Gasteiger partial charge in [0.2, 0.25) is 11.8 Å². The van der Waals surface area contributed by atoms with E-state index in [1.165, 1.54) is 18.2 Å². The Balaban J connectivity index is 1.62. The Morgan fingerprint density at radius 1 is 0.926 bits per heavy atom. The van der Waals surface area contributed by atoms with Crippen LogP contribution in [0.2, 0.25) is 0 Å². The lowest BCUT2D eigenvalue weighted by molar-refractivity contribution is -0.137. The fraction of sp³-hybridized carbons (Fsp3) is 0.300. The zero-order valence-corrected chi connectivity index (χ0v) is 14.5. The quantitative estimate of drug-likeness (QED) is 0.754. The summed E-state index contributed by atoms with van der Waals surface area (Å²) in [6.45, 7) is 0.358. The first-order valence-corrected chi connectivity index (χ1v) is 8.63. The highest BCUT2D eigenvalue weighted by atomic mass is 19.4. The highest BCUT2D eigenvalue weighted by Gasteiger charge is 2.56. The van der Waals surface area contributed by atoms with Gasteiger partial charge in [0.15, 0.2) is 0 Å². The fourth-order valence-corrected chi connectivity index (χ4v) is 2.90. The van der Waals surface area contributed by atoms with Crippen LogP contribution in [0.1, 0.15) is 24.0 Å². The van der Waals surface area contributed by atoms with Crippen LogP contribution in [0.3, 0.4) is 0 Å². The van der Waals surface area contributed by atoms with Crippen molar-refractivity contribution in [2.75, 3.05) is 11.9 Å². The summed E-state index contributed by atoms with van der Waals surface area (Å²) in [6, 6.07) is 14.3. The van der Waals surface area contributed by atoms with Gasteiger partial charge in [-0.15, -0.1) is 0 Å². The summed E-state index contributed by atoms with van der Waals surface area (Å²) in [6.07, 6.45) is -3.33. The molecule has 0 spiro atoms. The first kappa shape index (κ1) is 18.9. The number of anilines is 1. The smallest absolute Gasteiger partial charge is 0.355 e. The molecule has 2 aromatic carbocycles. The second-order valence-electron chi connectivity index (χ2n) is 6.57. The van der Waals surface area contributed by atoms with Crippen LogP contribution in [0.25, 0.3) is 0 Å². The number of carbonyl (C=O) groups is 2. The monoisotopic (exact) mass is 376 g/mol. The largest absolute Gasteiger partial charge is 0.418 e. The molecule has 0 radical (unpaired) electrons. The average molecular weight is 376 g/mol. The number of rotatable bonds is 6. The molecule has 0 saturated heterocycles. The standard InChI is InChI=1S/C20H19F3N2O2/c21-20(22,23)15-8-4-5-9-16(15)25-18(27)19(11-12-19)17(26)24-13-10-14-6-2-1-3-7-14/h1-9H,10-13H2,(H,24,26)(H,25,27). The number of para-hydroxylation sites is 1. The van der Waals surface area contributed by atoms with Crippen LogP contribution in [0.15, 0.2) is 54.6 Å². The summed E-state index contributed by atoms with van der Waals surface area (Å²) in [5, 5.41) is 5.01. The van der Waals surface area contributed by atoms with Crippen molar-refractivity contribution >= 4 is 17.5 Å². The molecule has 0 bridgehead atoms. The van der Waals surface area contributed by atoms with Crippen molar-refractivity contribution in [2.24, 2.45) is 5.41 Å². The van der Waals surface area contributed by atoms with E-state index in [0.717, 1.165) is 11.6 Å². The van der Waals surface area contributed by atoms with Crippen LogP contribution in [-0.4, -0.2) is 18.4 Å². The molecule has 1 fully saturated rings. The summed E-state index contributed by atoms with van der Waals surface area (Å²) < 4.78 is 39.2. The van der Waals surface area contributed by atoms with Gasteiger partial charge in [-0.3, -0.25) is 9.59 Å². The number of nitrogens with one attached hydrogen (secondary N) is 2. The van der Waals surface area contributed by atoms with Gasteiger partial charge in [0, 0.05) is 6.54 Å². The van der Waals surface area contributed by atoms with Crippen molar-refractivity contribution in [3.8, 4) is 0 Å². The van der Waals surface area contributed by atoms with Gasteiger partial charge < -0.3 is 10.6 Å². The van der Waals surface area contributed by atoms with Crippen molar-refractivity contribution in [1.82, 2.24) is 5.32 Å². The minimum absolute atomic E-state index is 0.324. The molecular formula is C20H19F3N2O2. The van der Waals surface area contributed by atoms with Gasteiger partial charge >= 0.3 is 6.18 Å². The van der Waals surface area contributed by atoms with Crippen molar-refractivity contribution < 1.29 is 22.8 Å². The molecule has 2 aromatic rings. The Morgan fingerprint density at radius 2 is 1.56 bits per heavy atom. The average Bonchev–Trinajstić information content (AvgIpc) is 3.44. The van der Waals surface area contributed by atoms with E-state index < -0.39 is 29.0 Å². The van der Waals surface area contributed by atoms with Crippen LogP contribution in [0, 0.1) is 5.41 Å². The Labute approximate surface area is 154 Å². The molecule has 0 atom stereocenters. The van der Waals surface area contributed by atoms with E-state index in [1.54, 1.807) is 0 Å². The molecule has 2 N–H and O–H groups in total. The van der Waals surface area contributed by atoms with Crippen LogP contribution in [-0.2, 0) is 22.2 Å². The Bertz CT molecular complexity index is 831. The van der Waals surface area contributed by atoms with Crippen LogP contribution in [0.4, 0.5) is 18.9 Å². The van der Waals surface area contributed by atoms with Gasteiger partial charge in [0.05, 0.1) is 11.3 Å². The predicted molar refractivity (Wildman–Crippen MR) is 94.9 cm³/mol. The highest BCUT2D eigenvalue weighted by molar-refractivity contribution is 6.13. The Morgan fingerprint density at radius 3 is 2.19 bits per heavy atom. The second kappa shape index (κ2) is 7.42. The number of halogens is 3. The van der Waals surface area contributed by atoms with E-state index in [9.17, 15) is 22.8 Å². The third kappa shape index (κ3) is 4.30. The summed E-state index contributed by atoms with van der Waals surface area (Å²) in [5.41, 5.74) is -1.50. The summed E-state index contributed by atoms with van der Waals surface area (Å²) in [4.78, 5) is 24.9. The predicted octanol–water partition coefficient (Wildman–Crippen LogP) is 3.78. The lowest BCUT2D eigenvalue weighted by Crippen LogP contribution is -2.41. The zero-order chi connectivity index (χ0) is 19.5. The van der Waals surface area contributed by atoms with Crippen LogP contribution >= 0.6 is 0 Å². The molecule has 1 aliphatic rings. The summed E-state index contributed by atoms with van der Waals surface area (Å²) in [5.74, 6) is -1.14. The third-order valence-electron chi connectivity index (χ3n) is 4.64. The van der Waals surface area contributed by atoms with Gasteiger partial charge in [0.25, 0.3) is 0 Å². The fourth-order valence-electron chi connectivity index (χ4n) is 2.90. The van der Waals surface area contributed by atoms with E-state index in [1.807, 2.05) is 30.3 Å². The molecule has 0 aliphatic heterocycles. The van der Waals surface area contributed by atoms with Crippen molar-refractivity contribution in [2.45, 2.75) is 25.4 Å². The number of carbonyl (C=O) groups excluding carboxylic acids is 2. The summed E-state index contributed by atoms with van der Waals surface area (Å²) in [7, 11) is 0. The van der Waals surface area contributed by atoms with E-state index in [2.05, 4.69) is 10.6 Å². The van der Waals surface area contributed by atoms with Crippen molar-refractivity contribution in [1.29, 1.82) is 0 Å². The number of amides is 2. The van der Waals surface area contributed by atoms with E-state index in [0.29, 0.717) is 25.8 Å². The highest BCUT2D eigenvalue weighted by Crippen LogP contribution is 2.47. The SMILES string of the molecule is O=C(NCCc1ccccc1)C1(C(=O)Nc2ccccc2C(F)(F)F)CC1. The van der Waals surface area contributed by atoms with Gasteiger partial charge in [0.1, 0.15) is 5.41 Å². The maximum atomic E-state index is 13.1. The van der Waals surface area contributed by atoms with Crippen molar-refractivity contribution in [3.63, 3.8) is 0 Å². The summed E-state index contributed by atoms with van der Waals surface area (Å²) >= 11 is 0. The molecule has 1 aliphatic carbocycles. The maximum Gasteiger partial charge on any atom is 0.418 e. The maximum absolute atomic E-state index is 13.1. The van der Waals surface area contributed by atoms with Gasteiger partial charge in [-0.1, -0.05) is 42.5 Å². The minimum atomic E-state index is -4.58. The lowest BCUT2D eigenvalue weighted by atomic mass is 10.0. The third-order valence-corrected chi connectivity index (χ3v) is 4.64. The number of hydrogen-bond acceptors (Lipinski definition) is 2. The normalized spacial score (nSPS) is 15.1. The van der Waals surface area contributed by atoms with Gasteiger partial charge in [-0.2, -0.15) is 13.2 Å². The van der Waals surface area contributed by atoms with Gasteiger partial charge in [-0.05, 0) is 37.0 Å². The first-order valence-electron chi connectivity index (χ1n) is 8.63. The molecule has 27 heavy (non-hydrogen) atoms.